The van der Waals surface area contributed by atoms with Crippen LogP contribution in [0, 0.1) is 5.92 Å². The molecular formula is C14H30N4. The highest BCUT2D eigenvalue weighted by Gasteiger charge is 2.27. The van der Waals surface area contributed by atoms with E-state index in [1.54, 1.807) is 0 Å². The number of hydrogen-bond donors (Lipinski definition) is 2. The fraction of sp³-hybridized carbons (Fsp3) is 0.929. The van der Waals surface area contributed by atoms with Gasteiger partial charge in [-0.05, 0) is 45.7 Å². The number of nitrogens with zero attached hydrogens (tertiary/aromatic N) is 2. The average molecular weight is 254 g/mol. The first-order chi connectivity index (χ1) is 8.42. The molecule has 0 bridgehead atoms. The van der Waals surface area contributed by atoms with Crippen molar-refractivity contribution in [2.75, 3.05) is 26.2 Å². The Morgan fingerprint density at radius 2 is 1.89 bits per heavy atom. The third-order valence-electron chi connectivity index (χ3n) is 3.54. The molecule has 0 spiro atoms. The summed E-state index contributed by atoms with van der Waals surface area (Å²) < 4.78 is 0. The van der Waals surface area contributed by atoms with Gasteiger partial charge in [-0.15, -0.1) is 0 Å². The quantitative estimate of drug-likeness (QED) is 0.581. The largest absolute Gasteiger partial charge is 0.370 e. The van der Waals surface area contributed by atoms with Crippen LogP contribution in [0.15, 0.2) is 4.99 Å². The first-order valence-electron chi connectivity index (χ1n) is 7.20. The minimum atomic E-state index is 0.116. The van der Waals surface area contributed by atoms with Crippen molar-refractivity contribution in [1.82, 2.24) is 10.2 Å². The van der Waals surface area contributed by atoms with Crippen LogP contribution < -0.4 is 11.1 Å². The van der Waals surface area contributed by atoms with Gasteiger partial charge in [0.25, 0.3) is 0 Å². The number of rotatable bonds is 5. The van der Waals surface area contributed by atoms with Gasteiger partial charge in [-0.3, -0.25) is 9.89 Å². The van der Waals surface area contributed by atoms with Crippen molar-refractivity contribution in [3.8, 4) is 0 Å². The molecule has 0 aliphatic carbocycles. The smallest absolute Gasteiger partial charge is 0.188 e. The normalized spacial score (nSPS) is 19.3. The van der Waals surface area contributed by atoms with Gasteiger partial charge in [-0.2, -0.15) is 0 Å². The number of hydrogen-bond acceptors (Lipinski definition) is 2. The molecule has 18 heavy (non-hydrogen) atoms. The second kappa shape index (κ2) is 6.98. The van der Waals surface area contributed by atoms with Gasteiger partial charge in [0, 0.05) is 12.1 Å². The van der Waals surface area contributed by atoms with Gasteiger partial charge in [-0.25, -0.2) is 0 Å². The molecule has 1 heterocycles. The number of aliphatic imine (C=N–C) groups is 1. The van der Waals surface area contributed by atoms with Crippen LogP contribution in [0.3, 0.4) is 0 Å². The van der Waals surface area contributed by atoms with E-state index in [9.17, 15) is 0 Å². The van der Waals surface area contributed by atoms with Crippen molar-refractivity contribution in [1.29, 1.82) is 0 Å². The number of nitrogens with two attached hydrogens (primary N) is 1. The molecule has 4 nitrogen and oxygen atoms in total. The second-order valence-electron chi connectivity index (χ2n) is 6.34. The lowest BCUT2D eigenvalue weighted by atomic mass is 9.99. The zero-order valence-electron chi connectivity index (χ0n) is 12.5. The Balaban J connectivity index is 2.41. The van der Waals surface area contributed by atoms with E-state index in [4.69, 9.17) is 5.73 Å². The molecule has 1 saturated heterocycles. The summed E-state index contributed by atoms with van der Waals surface area (Å²) in [6.45, 7) is 12.9. The van der Waals surface area contributed by atoms with Crippen molar-refractivity contribution >= 4 is 5.96 Å². The molecule has 0 amide bonds. The van der Waals surface area contributed by atoms with Crippen LogP contribution in [0.25, 0.3) is 0 Å². The number of likely N-dealkylation sites (tertiary alicyclic amines) is 1. The predicted octanol–water partition coefficient (Wildman–Crippen LogP) is 1.81. The predicted molar refractivity (Wildman–Crippen MR) is 78.8 cm³/mol. The van der Waals surface area contributed by atoms with Gasteiger partial charge in [0.1, 0.15) is 0 Å². The van der Waals surface area contributed by atoms with E-state index in [0.29, 0.717) is 11.9 Å². The van der Waals surface area contributed by atoms with E-state index >= 15 is 0 Å². The lowest BCUT2D eigenvalue weighted by Crippen LogP contribution is -2.49. The summed E-state index contributed by atoms with van der Waals surface area (Å²) in [5, 5.41) is 3.17. The number of nitrogens with one attached hydrogen (secondary N) is 1. The Labute approximate surface area is 112 Å². The van der Waals surface area contributed by atoms with Crippen molar-refractivity contribution in [3.05, 3.63) is 0 Å². The third-order valence-corrected chi connectivity index (χ3v) is 3.54. The minimum absolute atomic E-state index is 0.116. The third kappa shape index (κ3) is 5.25. The van der Waals surface area contributed by atoms with E-state index in [0.717, 1.165) is 13.1 Å². The zero-order chi connectivity index (χ0) is 13.6. The molecule has 0 saturated carbocycles. The molecule has 0 aromatic rings. The van der Waals surface area contributed by atoms with Gasteiger partial charge in [0.15, 0.2) is 5.96 Å². The monoisotopic (exact) mass is 254 g/mol. The molecule has 4 heteroatoms. The van der Waals surface area contributed by atoms with Crippen molar-refractivity contribution in [2.24, 2.45) is 16.6 Å². The molecule has 1 rings (SSSR count). The van der Waals surface area contributed by atoms with Crippen molar-refractivity contribution < 1.29 is 0 Å². The van der Waals surface area contributed by atoms with Crippen LogP contribution in [0.4, 0.5) is 0 Å². The maximum atomic E-state index is 5.88. The molecule has 3 N–H and O–H groups in total. The second-order valence-corrected chi connectivity index (χ2v) is 6.34. The van der Waals surface area contributed by atoms with E-state index in [2.05, 4.69) is 42.9 Å². The Kier molecular flexibility index (Phi) is 5.93. The highest BCUT2D eigenvalue weighted by atomic mass is 15.2. The summed E-state index contributed by atoms with van der Waals surface area (Å²) in [4.78, 5) is 7.02. The highest BCUT2D eigenvalue weighted by Crippen LogP contribution is 2.20. The van der Waals surface area contributed by atoms with Crippen LogP contribution in [-0.4, -0.2) is 42.6 Å². The molecule has 1 fully saturated rings. The maximum Gasteiger partial charge on any atom is 0.188 e. The van der Waals surface area contributed by atoms with Crippen LogP contribution >= 0.6 is 0 Å². The summed E-state index contributed by atoms with van der Waals surface area (Å²) in [5.41, 5.74) is 5.99. The summed E-state index contributed by atoms with van der Waals surface area (Å²) >= 11 is 0. The van der Waals surface area contributed by atoms with E-state index in [-0.39, 0.29) is 5.54 Å². The van der Waals surface area contributed by atoms with Crippen molar-refractivity contribution in [3.63, 3.8) is 0 Å². The van der Waals surface area contributed by atoms with Crippen LogP contribution in [0.1, 0.15) is 47.0 Å². The van der Waals surface area contributed by atoms with Crippen LogP contribution in [-0.2, 0) is 0 Å². The fourth-order valence-corrected chi connectivity index (χ4v) is 2.24. The first-order valence-corrected chi connectivity index (χ1v) is 7.20. The minimum Gasteiger partial charge on any atom is -0.370 e. The van der Waals surface area contributed by atoms with Gasteiger partial charge in [-0.1, -0.05) is 20.3 Å². The lowest BCUT2D eigenvalue weighted by Gasteiger charge is -2.40. The summed E-state index contributed by atoms with van der Waals surface area (Å²) in [7, 11) is 0. The topological polar surface area (TPSA) is 53.6 Å². The van der Waals surface area contributed by atoms with E-state index < -0.39 is 0 Å². The molecule has 0 aromatic carbocycles. The summed E-state index contributed by atoms with van der Waals surface area (Å²) in [6, 6.07) is 0. The highest BCUT2D eigenvalue weighted by molar-refractivity contribution is 5.77. The molecule has 0 radical (unpaired) electrons. The van der Waals surface area contributed by atoms with Gasteiger partial charge in [0.2, 0.25) is 0 Å². The Hall–Kier alpha value is -0.770. The molecule has 0 atom stereocenters. The van der Waals surface area contributed by atoms with Crippen molar-refractivity contribution in [2.45, 2.75) is 52.5 Å². The van der Waals surface area contributed by atoms with Crippen LogP contribution in [0.2, 0.25) is 0 Å². The summed E-state index contributed by atoms with van der Waals surface area (Å²) in [6.07, 6.45) is 4.00. The fourth-order valence-electron chi connectivity index (χ4n) is 2.24. The molecule has 1 aliphatic heterocycles. The Morgan fingerprint density at radius 3 is 2.44 bits per heavy atom. The Morgan fingerprint density at radius 1 is 1.28 bits per heavy atom. The Bertz CT molecular complexity index is 265. The van der Waals surface area contributed by atoms with E-state index in [1.165, 1.54) is 32.4 Å². The van der Waals surface area contributed by atoms with Gasteiger partial charge >= 0.3 is 0 Å². The van der Waals surface area contributed by atoms with Crippen LogP contribution in [0.5, 0.6) is 0 Å². The van der Waals surface area contributed by atoms with Gasteiger partial charge in [0.05, 0.1) is 6.54 Å². The standard InChI is InChI=1S/C14H30N4/c1-12(2)10-16-13(15)17-11-14(3,4)18-8-6-5-7-9-18/h12H,5-11H2,1-4H3,(H3,15,16,17). The zero-order valence-corrected chi connectivity index (χ0v) is 12.5. The number of piperidine rings is 1. The molecule has 106 valence electrons. The number of guanidine groups is 1. The maximum absolute atomic E-state index is 5.88. The SMILES string of the molecule is CC(C)CNC(N)=NCC(C)(C)N1CCCCC1. The van der Waals surface area contributed by atoms with E-state index in [1.807, 2.05) is 0 Å². The average Bonchev–Trinajstić information content (AvgIpc) is 2.35. The molecule has 1 aliphatic rings. The summed E-state index contributed by atoms with van der Waals surface area (Å²) in [5.74, 6) is 1.17. The molecule has 0 unspecified atom stereocenters. The molecule has 0 aromatic heterocycles. The lowest BCUT2D eigenvalue weighted by molar-refractivity contribution is 0.102. The molecular weight excluding hydrogens is 224 g/mol. The van der Waals surface area contributed by atoms with Gasteiger partial charge < -0.3 is 11.1 Å². The first kappa shape index (κ1) is 15.3.